The van der Waals surface area contributed by atoms with Gasteiger partial charge < -0.3 is 15.4 Å². The Morgan fingerprint density at radius 2 is 1.48 bits per heavy atom. The van der Waals surface area contributed by atoms with Gasteiger partial charge in [0.1, 0.15) is 17.9 Å². The average Bonchev–Trinajstić information content (AvgIpc) is 3.58. The molecule has 9 nitrogen and oxygen atoms in total. The minimum absolute atomic E-state index is 0.0170. The van der Waals surface area contributed by atoms with Crippen molar-refractivity contribution in [3.05, 3.63) is 24.2 Å². The summed E-state index contributed by atoms with van der Waals surface area (Å²) < 4.78 is 31.0. The van der Waals surface area contributed by atoms with E-state index in [1.165, 1.54) is 103 Å². The van der Waals surface area contributed by atoms with Crippen molar-refractivity contribution < 1.29 is 23.2 Å². The summed E-state index contributed by atoms with van der Waals surface area (Å²) in [6.07, 6.45) is 26.1. The van der Waals surface area contributed by atoms with Crippen LogP contribution >= 0.6 is 7.82 Å². The number of hydrogen-bond acceptors (Lipinski definition) is 7. The highest BCUT2D eigenvalue weighted by atomic mass is 31.2. The standard InChI is InChI=1S/C32H57N4O5P/c1-3-4-5-6-7-8-9-10-11-12-13-14-15-16-17-18-19-20-25-39-42(37,38)40-26-32(2)24-23-30(41-32)28-21-22-29-31(33)34-27-35-36(28)29/h21-22,27,30H,3-20,23-26H2,1-2H3,(H,37,38)(H2,33,34,35)/t30-,32+/m1/s1. The molecule has 0 radical (unpaired) electrons. The van der Waals surface area contributed by atoms with Gasteiger partial charge in [-0.2, -0.15) is 5.10 Å². The Balaban J connectivity index is 1.14. The first-order chi connectivity index (χ1) is 20.3. The number of phosphoric ester groups is 1. The number of rotatable bonds is 24. The molecule has 3 N–H and O–H groups in total. The molecule has 0 spiro atoms. The van der Waals surface area contributed by atoms with Crippen LogP contribution in [0.3, 0.4) is 0 Å². The van der Waals surface area contributed by atoms with Gasteiger partial charge >= 0.3 is 7.82 Å². The third kappa shape index (κ3) is 12.6. The highest BCUT2D eigenvalue weighted by molar-refractivity contribution is 7.47. The van der Waals surface area contributed by atoms with Crippen molar-refractivity contribution in [2.75, 3.05) is 18.9 Å². The van der Waals surface area contributed by atoms with E-state index in [0.717, 1.165) is 36.9 Å². The fourth-order valence-corrected chi connectivity index (χ4v) is 6.74. The largest absolute Gasteiger partial charge is 0.472 e. The van der Waals surface area contributed by atoms with Crippen molar-refractivity contribution >= 4 is 19.2 Å². The van der Waals surface area contributed by atoms with Crippen LogP contribution < -0.4 is 5.73 Å². The molecule has 2 aromatic heterocycles. The highest BCUT2D eigenvalue weighted by Crippen LogP contribution is 2.47. The number of ether oxygens (including phenoxy) is 1. The maximum atomic E-state index is 12.4. The van der Waals surface area contributed by atoms with Crippen LogP contribution in [0.1, 0.15) is 154 Å². The SMILES string of the molecule is CCCCCCCCCCCCCCCCCCCCOP(=O)(O)OC[C@]1(C)CC[C@H](c2ccc3c(N)ncnn23)O1. The summed E-state index contributed by atoms with van der Waals surface area (Å²) in [5.41, 5.74) is 6.85. The molecule has 3 rings (SSSR count). The van der Waals surface area contributed by atoms with Gasteiger partial charge in [-0.1, -0.05) is 116 Å². The second-order valence-electron chi connectivity index (χ2n) is 12.4. The average molecular weight is 609 g/mol. The molecule has 0 saturated carbocycles. The third-order valence-corrected chi connectivity index (χ3v) is 9.45. The summed E-state index contributed by atoms with van der Waals surface area (Å²) in [5.74, 6) is 0.411. The van der Waals surface area contributed by atoms with Crippen LogP contribution in [0.25, 0.3) is 5.52 Å². The van der Waals surface area contributed by atoms with E-state index >= 15 is 0 Å². The molecule has 2 aromatic rings. The fraction of sp³-hybridized carbons (Fsp3) is 0.812. The van der Waals surface area contributed by atoms with E-state index in [1.807, 2.05) is 19.1 Å². The summed E-state index contributed by atoms with van der Waals surface area (Å²) in [6.45, 7) is 4.38. The number of aromatic nitrogens is 3. The summed E-state index contributed by atoms with van der Waals surface area (Å²) in [6, 6.07) is 3.80. The van der Waals surface area contributed by atoms with Crippen LogP contribution in [0.2, 0.25) is 0 Å². The number of anilines is 1. The Labute approximate surface area is 253 Å². The molecule has 1 saturated heterocycles. The Morgan fingerprint density at radius 3 is 2.05 bits per heavy atom. The Hall–Kier alpha value is -1.51. The Bertz CT molecular complexity index is 1070. The summed E-state index contributed by atoms with van der Waals surface area (Å²) in [7, 11) is -4.13. The van der Waals surface area contributed by atoms with Crippen molar-refractivity contribution in [2.45, 2.75) is 154 Å². The molecule has 0 bridgehead atoms. The molecule has 3 atom stereocenters. The summed E-state index contributed by atoms with van der Waals surface area (Å²) in [5, 5.41) is 4.29. The molecule has 1 aliphatic heterocycles. The van der Waals surface area contributed by atoms with Crippen molar-refractivity contribution in [3.8, 4) is 0 Å². The van der Waals surface area contributed by atoms with E-state index in [9.17, 15) is 9.46 Å². The predicted octanol–water partition coefficient (Wildman–Crippen LogP) is 9.10. The zero-order valence-electron chi connectivity index (χ0n) is 26.3. The number of nitrogen functional groups attached to an aromatic ring is 1. The molecule has 0 aromatic carbocycles. The van der Waals surface area contributed by atoms with Gasteiger partial charge in [-0.15, -0.1) is 0 Å². The molecule has 1 aliphatic rings. The zero-order chi connectivity index (χ0) is 30.1. The van der Waals surface area contributed by atoms with Crippen LogP contribution in [0.15, 0.2) is 18.5 Å². The topological polar surface area (TPSA) is 121 Å². The normalized spacial score (nSPS) is 20.4. The smallest absolute Gasteiger partial charge is 0.382 e. The molecule has 1 fully saturated rings. The maximum absolute atomic E-state index is 12.4. The Kier molecular flexibility index (Phi) is 15.8. The van der Waals surface area contributed by atoms with Crippen LogP contribution in [-0.2, 0) is 18.3 Å². The van der Waals surface area contributed by atoms with E-state index < -0.39 is 13.4 Å². The van der Waals surface area contributed by atoms with Crippen LogP contribution in [0.5, 0.6) is 0 Å². The van der Waals surface area contributed by atoms with Gasteiger partial charge in [-0.3, -0.25) is 9.05 Å². The van der Waals surface area contributed by atoms with E-state index in [2.05, 4.69) is 17.0 Å². The Morgan fingerprint density at radius 1 is 0.929 bits per heavy atom. The van der Waals surface area contributed by atoms with Crippen LogP contribution in [0, 0.1) is 0 Å². The first kappa shape index (κ1) is 35.0. The molecule has 0 aliphatic carbocycles. The van der Waals surface area contributed by atoms with Crippen molar-refractivity contribution in [1.82, 2.24) is 14.6 Å². The first-order valence-corrected chi connectivity index (χ1v) is 18.2. The molecular formula is C32H57N4O5P. The second-order valence-corrected chi connectivity index (χ2v) is 13.8. The van der Waals surface area contributed by atoms with Gasteiger partial charge in [0.15, 0.2) is 5.82 Å². The number of nitrogens with zero attached hydrogens (tertiary/aromatic N) is 3. The highest BCUT2D eigenvalue weighted by Gasteiger charge is 2.40. The van der Waals surface area contributed by atoms with E-state index in [0.29, 0.717) is 12.2 Å². The predicted molar refractivity (Wildman–Crippen MR) is 169 cm³/mol. The molecule has 42 heavy (non-hydrogen) atoms. The van der Waals surface area contributed by atoms with Gasteiger partial charge in [0.05, 0.1) is 24.5 Å². The van der Waals surface area contributed by atoms with Crippen molar-refractivity contribution in [3.63, 3.8) is 0 Å². The molecule has 240 valence electrons. The lowest BCUT2D eigenvalue weighted by molar-refractivity contribution is -0.0636. The molecule has 3 heterocycles. The minimum atomic E-state index is -4.13. The third-order valence-electron chi connectivity index (χ3n) is 8.49. The van der Waals surface area contributed by atoms with Gasteiger partial charge in [-0.05, 0) is 38.3 Å². The fourth-order valence-electron chi connectivity index (χ4n) is 5.87. The number of unbranched alkanes of at least 4 members (excludes halogenated alkanes) is 17. The molecular weight excluding hydrogens is 551 g/mol. The lowest BCUT2D eigenvalue weighted by Gasteiger charge is -2.25. The maximum Gasteiger partial charge on any atom is 0.472 e. The number of hydrogen-bond donors (Lipinski definition) is 2. The molecule has 0 amide bonds. The quantitative estimate of drug-likeness (QED) is 0.0894. The number of fused-ring (bicyclic) bond motifs is 1. The number of nitrogens with two attached hydrogens (primary N) is 1. The zero-order valence-corrected chi connectivity index (χ0v) is 27.2. The summed E-state index contributed by atoms with van der Waals surface area (Å²) in [4.78, 5) is 14.2. The molecule has 1 unspecified atom stereocenters. The van der Waals surface area contributed by atoms with Crippen molar-refractivity contribution in [2.24, 2.45) is 0 Å². The second kappa shape index (κ2) is 19.0. The van der Waals surface area contributed by atoms with E-state index in [4.69, 9.17) is 19.5 Å². The van der Waals surface area contributed by atoms with Crippen LogP contribution in [0.4, 0.5) is 5.82 Å². The first-order valence-electron chi connectivity index (χ1n) is 16.7. The van der Waals surface area contributed by atoms with Gasteiger partial charge in [0.25, 0.3) is 0 Å². The molecule has 10 heteroatoms. The van der Waals surface area contributed by atoms with E-state index in [-0.39, 0.29) is 19.3 Å². The number of phosphoric acid groups is 1. The van der Waals surface area contributed by atoms with E-state index in [1.54, 1.807) is 4.52 Å². The van der Waals surface area contributed by atoms with Gasteiger partial charge in [-0.25, -0.2) is 14.1 Å². The van der Waals surface area contributed by atoms with Crippen molar-refractivity contribution in [1.29, 1.82) is 0 Å². The van der Waals surface area contributed by atoms with Gasteiger partial charge in [0, 0.05) is 0 Å². The van der Waals surface area contributed by atoms with Gasteiger partial charge in [0.2, 0.25) is 0 Å². The lowest BCUT2D eigenvalue weighted by Crippen LogP contribution is -2.30. The van der Waals surface area contributed by atoms with Crippen LogP contribution in [-0.4, -0.2) is 38.3 Å². The lowest BCUT2D eigenvalue weighted by atomic mass is 10.0. The monoisotopic (exact) mass is 608 g/mol. The summed E-state index contributed by atoms with van der Waals surface area (Å²) >= 11 is 0. The minimum Gasteiger partial charge on any atom is -0.382 e.